The van der Waals surface area contributed by atoms with E-state index in [9.17, 15) is 4.79 Å². The molecule has 2 aromatic carbocycles. The molecule has 0 heterocycles. The van der Waals surface area contributed by atoms with Gasteiger partial charge in [0.1, 0.15) is 6.17 Å². The Labute approximate surface area is 165 Å². The molecule has 23 heavy (non-hydrogen) atoms. The zero-order valence-electron chi connectivity index (χ0n) is 11.5. The first kappa shape index (κ1) is 18.9. The number of rotatable bonds is 4. The lowest BCUT2D eigenvalue weighted by atomic mass is 10.2. The molecule has 3 nitrogen and oxygen atoms in total. The molecule has 1 amide bonds. The summed E-state index contributed by atoms with van der Waals surface area (Å²) in [5.74, 6) is -0.349. The van der Waals surface area contributed by atoms with E-state index in [1.165, 1.54) is 0 Å². The maximum atomic E-state index is 12.3. The summed E-state index contributed by atoms with van der Waals surface area (Å²) in [7, 11) is 0. The first-order valence-electron chi connectivity index (χ1n) is 6.41. The second-order valence-corrected chi connectivity index (χ2v) is 8.81. The minimum absolute atomic E-state index is 0.349. The number of amides is 1. The Kier molecular flexibility index (Phi) is 6.63. The normalized spacial score (nSPS) is 12.6. The van der Waals surface area contributed by atoms with Crippen LogP contribution in [0.2, 0.25) is 0 Å². The number of hydrogen-bond donors (Lipinski definition) is 2. The summed E-state index contributed by atoms with van der Waals surface area (Å²) in [6, 6.07) is 14.2. The minimum Gasteiger partial charge on any atom is -0.362 e. The summed E-state index contributed by atoms with van der Waals surface area (Å²) in [5.41, 5.74) is 1.17. The van der Waals surface area contributed by atoms with Crippen LogP contribution >= 0.6 is 66.7 Å². The third-order valence-corrected chi connectivity index (χ3v) is 4.58. The quantitative estimate of drug-likeness (QED) is 0.414. The van der Waals surface area contributed by atoms with Crippen LogP contribution in [0.4, 0.5) is 5.69 Å². The first-order valence-corrected chi connectivity index (χ1v) is 9.13. The highest BCUT2D eigenvalue weighted by Gasteiger charge is 2.34. The third kappa shape index (κ3) is 5.84. The van der Waals surface area contributed by atoms with Crippen LogP contribution in [-0.4, -0.2) is 15.9 Å². The van der Waals surface area contributed by atoms with E-state index in [4.69, 9.17) is 34.8 Å². The molecule has 0 aliphatic rings. The van der Waals surface area contributed by atoms with Crippen LogP contribution in [0, 0.1) is 0 Å². The van der Waals surface area contributed by atoms with Gasteiger partial charge in [0.2, 0.25) is 3.79 Å². The zero-order chi connectivity index (χ0) is 17.0. The molecule has 122 valence electrons. The highest BCUT2D eigenvalue weighted by Crippen LogP contribution is 2.31. The number of nitrogens with one attached hydrogen (secondary N) is 2. The van der Waals surface area contributed by atoms with E-state index in [0.717, 1.165) is 8.95 Å². The van der Waals surface area contributed by atoms with Gasteiger partial charge in [-0.05, 0) is 48.5 Å². The molecule has 0 aliphatic carbocycles. The van der Waals surface area contributed by atoms with Gasteiger partial charge in [-0.2, -0.15) is 0 Å². The number of carbonyl (C=O) groups excluding carboxylic acids is 1. The molecule has 0 aliphatic heterocycles. The van der Waals surface area contributed by atoms with E-state index in [1.54, 1.807) is 36.4 Å². The van der Waals surface area contributed by atoms with Gasteiger partial charge in [0, 0.05) is 20.2 Å². The Bertz CT molecular complexity index is 673. The van der Waals surface area contributed by atoms with Crippen LogP contribution in [0.3, 0.4) is 0 Å². The lowest BCUT2D eigenvalue weighted by Crippen LogP contribution is -2.49. The van der Waals surface area contributed by atoms with Crippen molar-refractivity contribution >= 4 is 78.3 Å². The van der Waals surface area contributed by atoms with Crippen molar-refractivity contribution in [1.29, 1.82) is 0 Å². The molecule has 0 bridgehead atoms. The van der Waals surface area contributed by atoms with Gasteiger partial charge < -0.3 is 10.6 Å². The lowest BCUT2D eigenvalue weighted by Gasteiger charge is -2.27. The standard InChI is InChI=1S/C15H11Br2Cl3N2O/c16-10-3-1-9(2-4-10)13(23)22-14(15(18,19)20)21-12-7-5-11(17)6-8-12/h1-8,14,21H,(H,22,23)/t14-/m1/s1. The predicted octanol–water partition coefficient (Wildman–Crippen LogP) is 5.75. The summed E-state index contributed by atoms with van der Waals surface area (Å²) >= 11 is 24.6. The molecular weight excluding hydrogens is 490 g/mol. The van der Waals surface area contributed by atoms with E-state index < -0.39 is 9.96 Å². The van der Waals surface area contributed by atoms with Crippen molar-refractivity contribution in [2.24, 2.45) is 0 Å². The number of halogens is 5. The second-order valence-electron chi connectivity index (χ2n) is 4.61. The van der Waals surface area contributed by atoms with Gasteiger partial charge in [-0.3, -0.25) is 4.79 Å². The topological polar surface area (TPSA) is 41.1 Å². The van der Waals surface area contributed by atoms with Crippen molar-refractivity contribution in [3.8, 4) is 0 Å². The zero-order valence-corrected chi connectivity index (χ0v) is 16.9. The Morgan fingerprint density at radius 3 is 1.87 bits per heavy atom. The van der Waals surface area contributed by atoms with Crippen LogP contribution in [0.15, 0.2) is 57.5 Å². The summed E-state index contributed by atoms with van der Waals surface area (Å²) in [4.78, 5) is 12.3. The predicted molar refractivity (Wildman–Crippen MR) is 103 cm³/mol. The van der Waals surface area contributed by atoms with Gasteiger partial charge in [-0.25, -0.2) is 0 Å². The Morgan fingerprint density at radius 1 is 0.913 bits per heavy atom. The molecule has 0 spiro atoms. The van der Waals surface area contributed by atoms with E-state index in [0.29, 0.717) is 11.3 Å². The Morgan fingerprint density at radius 2 is 1.39 bits per heavy atom. The van der Waals surface area contributed by atoms with Gasteiger partial charge in [-0.15, -0.1) is 0 Å². The first-order chi connectivity index (χ1) is 10.8. The number of alkyl halides is 3. The molecule has 8 heteroatoms. The third-order valence-electron chi connectivity index (χ3n) is 2.86. The van der Waals surface area contributed by atoms with Crippen LogP contribution in [-0.2, 0) is 0 Å². The summed E-state index contributed by atoms with van der Waals surface area (Å²) in [5, 5.41) is 5.68. The number of anilines is 1. The smallest absolute Gasteiger partial charge is 0.252 e. The van der Waals surface area contributed by atoms with E-state index in [-0.39, 0.29) is 5.91 Å². The van der Waals surface area contributed by atoms with Crippen molar-refractivity contribution in [1.82, 2.24) is 5.32 Å². The van der Waals surface area contributed by atoms with Gasteiger partial charge in [0.25, 0.3) is 5.91 Å². The summed E-state index contributed by atoms with van der Waals surface area (Å²) < 4.78 is 0.0744. The minimum atomic E-state index is -1.72. The van der Waals surface area contributed by atoms with Gasteiger partial charge in [0.05, 0.1) is 0 Å². The molecule has 0 fully saturated rings. The fourth-order valence-electron chi connectivity index (χ4n) is 1.73. The fourth-order valence-corrected chi connectivity index (χ4v) is 2.58. The van der Waals surface area contributed by atoms with Crippen LogP contribution < -0.4 is 10.6 Å². The molecular formula is C15H11Br2Cl3N2O. The maximum Gasteiger partial charge on any atom is 0.252 e. The highest BCUT2D eigenvalue weighted by atomic mass is 79.9. The molecule has 0 saturated carbocycles. The molecule has 1 atom stereocenters. The number of benzene rings is 2. The van der Waals surface area contributed by atoms with Gasteiger partial charge >= 0.3 is 0 Å². The van der Waals surface area contributed by atoms with E-state index >= 15 is 0 Å². The van der Waals surface area contributed by atoms with Crippen molar-refractivity contribution < 1.29 is 4.79 Å². The van der Waals surface area contributed by atoms with E-state index in [2.05, 4.69) is 42.5 Å². The average Bonchev–Trinajstić information content (AvgIpc) is 2.48. The van der Waals surface area contributed by atoms with Crippen LogP contribution in [0.5, 0.6) is 0 Å². The number of hydrogen-bond acceptors (Lipinski definition) is 2. The number of carbonyl (C=O) groups is 1. The monoisotopic (exact) mass is 498 g/mol. The molecule has 2 N–H and O–H groups in total. The highest BCUT2D eigenvalue weighted by molar-refractivity contribution is 9.10. The molecule has 2 aromatic rings. The molecule has 2 rings (SSSR count). The summed E-state index contributed by atoms with van der Waals surface area (Å²) in [6.45, 7) is 0. The van der Waals surface area contributed by atoms with Crippen molar-refractivity contribution in [2.75, 3.05) is 5.32 Å². The van der Waals surface area contributed by atoms with Crippen molar-refractivity contribution in [3.63, 3.8) is 0 Å². The van der Waals surface area contributed by atoms with Gasteiger partial charge in [0.15, 0.2) is 0 Å². The molecule has 0 radical (unpaired) electrons. The molecule has 0 saturated heterocycles. The van der Waals surface area contributed by atoms with Crippen molar-refractivity contribution in [3.05, 3.63) is 63.0 Å². The maximum absolute atomic E-state index is 12.3. The second kappa shape index (κ2) is 8.08. The van der Waals surface area contributed by atoms with Crippen LogP contribution in [0.1, 0.15) is 10.4 Å². The summed E-state index contributed by atoms with van der Waals surface area (Å²) in [6.07, 6.45) is -0.898. The van der Waals surface area contributed by atoms with E-state index in [1.807, 2.05) is 12.1 Å². The Hall–Kier alpha value is -0.460. The SMILES string of the molecule is O=C(N[C@@H](Nc1ccc(Br)cc1)C(Cl)(Cl)Cl)c1ccc(Br)cc1. The van der Waals surface area contributed by atoms with Crippen molar-refractivity contribution in [2.45, 2.75) is 9.96 Å². The molecule has 0 aromatic heterocycles. The van der Waals surface area contributed by atoms with Crippen LogP contribution in [0.25, 0.3) is 0 Å². The lowest BCUT2D eigenvalue weighted by molar-refractivity contribution is 0.0942. The van der Waals surface area contributed by atoms with Gasteiger partial charge in [-0.1, -0.05) is 66.7 Å². The average molecular weight is 501 g/mol. The fraction of sp³-hybridized carbons (Fsp3) is 0.133. The Balaban J connectivity index is 2.14. The molecule has 0 unspecified atom stereocenters. The largest absolute Gasteiger partial charge is 0.362 e.